The Morgan fingerprint density at radius 3 is 2.70 bits per heavy atom. The van der Waals surface area contributed by atoms with Crippen LogP contribution in [0.4, 0.5) is 0 Å². The fourth-order valence-corrected chi connectivity index (χ4v) is 3.11. The van der Waals surface area contributed by atoms with Gasteiger partial charge < -0.3 is 10.6 Å². The predicted molar refractivity (Wildman–Crippen MR) is 80.4 cm³/mol. The van der Waals surface area contributed by atoms with Crippen molar-refractivity contribution >= 4 is 23.6 Å². The van der Waals surface area contributed by atoms with Gasteiger partial charge in [0.25, 0.3) is 0 Å². The largest absolute Gasteiger partial charge is 0.369 e. The summed E-state index contributed by atoms with van der Waals surface area (Å²) in [5.41, 5.74) is 6.54. The highest BCUT2D eigenvalue weighted by atomic mass is 32.2. The van der Waals surface area contributed by atoms with Gasteiger partial charge in [-0.25, -0.2) is 0 Å². The summed E-state index contributed by atoms with van der Waals surface area (Å²) in [4.78, 5) is 26.2. The first-order valence-corrected chi connectivity index (χ1v) is 7.81. The molecule has 0 spiro atoms. The monoisotopic (exact) mass is 292 g/mol. The summed E-state index contributed by atoms with van der Waals surface area (Å²) in [7, 11) is 0. The third-order valence-electron chi connectivity index (χ3n) is 3.56. The molecular weight excluding hydrogens is 272 g/mol. The number of hydrogen-bond acceptors (Lipinski definition) is 3. The molecule has 2 N–H and O–H groups in total. The molecule has 0 aliphatic carbocycles. The Balaban J connectivity index is 1.85. The molecule has 1 fully saturated rings. The maximum atomic E-state index is 12.2. The van der Waals surface area contributed by atoms with Crippen LogP contribution in [-0.4, -0.2) is 35.6 Å². The number of likely N-dealkylation sites (tertiary alicyclic amines) is 1. The quantitative estimate of drug-likeness (QED) is 0.861. The second kappa shape index (κ2) is 6.79. The Hall–Kier alpha value is -1.49. The summed E-state index contributed by atoms with van der Waals surface area (Å²) in [6.07, 6.45) is 1.65. The average molecular weight is 292 g/mol. The van der Waals surface area contributed by atoms with Crippen molar-refractivity contribution in [3.05, 3.63) is 29.8 Å². The van der Waals surface area contributed by atoms with Crippen LogP contribution in [0, 0.1) is 12.8 Å². The van der Waals surface area contributed by atoms with Crippen molar-refractivity contribution in [3.63, 3.8) is 0 Å². The van der Waals surface area contributed by atoms with Crippen LogP contribution >= 0.6 is 11.8 Å². The van der Waals surface area contributed by atoms with Crippen molar-refractivity contribution in [1.82, 2.24) is 4.90 Å². The standard InChI is InChI=1S/C15H20N2O2S/c1-11-4-6-13(7-5-11)20-10-14(18)17-8-2-3-12(9-17)15(16)19/h4-7,12H,2-3,8-10H2,1H3,(H2,16,19). The van der Waals surface area contributed by atoms with E-state index >= 15 is 0 Å². The van der Waals surface area contributed by atoms with Gasteiger partial charge in [0, 0.05) is 18.0 Å². The van der Waals surface area contributed by atoms with E-state index in [4.69, 9.17) is 5.73 Å². The fourth-order valence-electron chi connectivity index (χ4n) is 2.31. The lowest BCUT2D eigenvalue weighted by atomic mass is 9.97. The van der Waals surface area contributed by atoms with E-state index in [1.165, 1.54) is 17.3 Å². The summed E-state index contributed by atoms with van der Waals surface area (Å²) >= 11 is 1.53. The van der Waals surface area contributed by atoms with Gasteiger partial charge in [-0.3, -0.25) is 9.59 Å². The van der Waals surface area contributed by atoms with Gasteiger partial charge in [0.2, 0.25) is 11.8 Å². The van der Waals surface area contributed by atoms with Gasteiger partial charge >= 0.3 is 0 Å². The molecule has 2 amide bonds. The van der Waals surface area contributed by atoms with Crippen LogP contribution in [0.25, 0.3) is 0 Å². The minimum atomic E-state index is -0.298. The molecule has 1 saturated heterocycles. The predicted octanol–water partition coefficient (Wildman–Crippen LogP) is 1.81. The first-order chi connectivity index (χ1) is 9.56. The Kier molecular flexibility index (Phi) is 5.06. The molecule has 0 radical (unpaired) electrons. The first kappa shape index (κ1) is 14.9. The van der Waals surface area contributed by atoms with Gasteiger partial charge in [0.05, 0.1) is 11.7 Å². The fraction of sp³-hybridized carbons (Fsp3) is 0.467. The molecule has 1 aliphatic heterocycles. The average Bonchev–Trinajstić information content (AvgIpc) is 2.46. The molecule has 0 aromatic heterocycles. The van der Waals surface area contributed by atoms with E-state index in [0.717, 1.165) is 24.3 Å². The van der Waals surface area contributed by atoms with Crippen LogP contribution in [0.1, 0.15) is 18.4 Å². The zero-order valence-corrected chi connectivity index (χ0v) is 12.5. The minimum Gasteiger partial charge on any atom is -0.369 e. The number of primary amides is 1. The second-order valence-electron chi connectivity index (χ2n) is 5.18. The van der Waals surface area contributed by atoms with Crippen LogP contribution in [0.3, 0.4) is 0 Å². The van der Waals surface area contributed by atoms with Crippen LogP contribution in [-0.2, 0) is 9.59 Å². The third-order valence-corrected chi connectivity index (χ3v) is 4.56. The highest BCUT2D eigenvalue weighted by Gasteiger charge is 2.26. The van der Waals surface area contributed by atoms with Gasteiger partial charge in [0.1, 0.15) is 0 Å². The minimum absolute atomic E-state index is 0.0847. The molecule has 5 heteroatoms. The number of aryl methyl sites for hydroxylation is 1. The maximum Gasteiger partial charge on any atom is 0.232 e. The van der Waals surface area contributed by atoms with E-state index in [9.17, 15) is 9.59 Å². The topological polar surface area (TPSA) is 63.4 Å². The number of nitrogens with two attached hydrogens (primary N) is 1. The normalized spacial score (nSPS) is 18.9. The molecule has 1 aromatic rings. The molecule has 0 saturated carbocycles. The highest BCUT2D eigenvalue weighted by Crippen LogP contribution is 2.21. The van der Waals surface area contributed by atoms with Crippen molar-refractivity contribution in [2.75, 3.05) is 18.8 Å². The number of benzene rings is 1. The molecule has 1 unspecified atom stereocenters. The Bertz CT molecular complexity index is 487. The van der Waals surface area contributed by atoms with Gasteiger partial charge in [-0.15, -0.1) is 11.8 Å². The summed E-state index contributed by atoms with van der Waals surface area (Å²) in [5.74, 6) is 0.0152. The summed E-state index contributed by atoms with van der Waals surface area (Å²) < 4.78 is 0. The number of rotatable bonds is 4. The van der Waals surface area contributed by atoms with E-state index in [1.54, 1.807) is 4.90 Å². The highest BCUT2D eigenvalue weighted by molar-refractivity contribution is 8.00. The van der Waals surface area contributed by atoms with Crippen LogP contribution in [0.5, 0.6) is 0 Å². The molecule has 1 heterocycles. The zero-order chi connectivity index (χ0) is 14.5. The van der Waals surface area contributed by atoms with E-state index in [-0.39, 0.29) is 17.7 Å². The van der Waals surface area contributed by atoms with Gasteiger partial charge in [-0.2, -0.15) is 0 Å². The number of amides is 2. The van der Waals surface area contributed by atoms with E-state index in [0.29, 0.717) is 12.3 Å². The molecule has 1 aromatic carbocycles. The van der Waals surface area contributed by atoms with Gasteiger partial charge in [-0.05, 0) is 31.9 Å². The lowest BCUT2D eigenvalue weighted by Gasteiger charge is -2.31. The molecule has 1 aliphatic rings. The Labute approximate surface area is 123 Å². The number of thioether (sulfide) groups is 1. The van der Waals surface area contributed by atoms with Crippen molar-refractivity contribution in [3.8, 4) is 0 Å². The molecular formula is C15H20N2O2S. The van der Waals surface area contributed by atoms with Gasteiger partial charge in [0.15, 0.2) is 0 Å². The third kappa shape index (κ3) is 4.00. The van der Waals surface area contributed by atoms with Crippen LogP contribution in [0.2, 0.25) is 0 Å². The maximum absolute atomic E-state index is 12.2. The lowest BCUT2D eigenvalue weighted by Crippen LogP contribution is -2.44. The zero-order valence-electron chi connectivity index (χ0n) is 11.7. The van der Waals surface area contributed by atoms with Crippen molar-refractivity contribution in [2.45, 2.75) is 24.7 Å². The number of nitrogens with zero attached hydrogens (tertiary/aromatic N) is 1. The van der Waals surface area contributed by atoms with Crippen molar-refractivity contribution in [1.29, 1.82) is 0 Å². The second-order valence-corrected chi connectivity index (χ2v) is 6.23. The molecule has 20 heavy (non-hydrogen) atoms. The van der Waals surface area contributed by atoms with Crippen molar-refractivity contribution in [2.24, 2.45) is 11.7 Å². The summed E-state index contributed by atoms with van der Waals surface area (Å²) in [5, 5.41) is 0. The number of hydrogen-bond donors (Lipinski definition) is 1. The Morgan fingerprint density at radius 2 is 2.05 bits per heavy atom. The number of carbonyl (C=O) groups is 2. The van der Waals surface area contributed by atoms with E-state index < -0.39 is 0 Å². The first-order valence-electron chi connectivity index (χ1n) is 6.83. The SMILES string of the molecule is Cc1ccc(SCC(=O)N2CCCC(C(N)=O)C2)cc1. The summed E-state index contributed by atoms with van der Waals surface area (Å²) in [6, 6.07) is 8.12. The molecule has 0 bridgehead atoms. The van der Waals surface area contributed by atoms with E-state index in [2.05, 4.69) is 0 Å². The summed E-state index contributed by atoms with van der Waals surface area (Å²) in [6.45, 7) is 3.25. The smallest absolute Gasteiger partial charge is 0.232 e. The molecule has 108 valence electrons. The van der Waals surface area contributed by atoms with E-state index in [1.807, 2.05) is 31.2 Å². The molecule has 2 rings (SSSR count). The van der Waals surface area contributed by atoms with Crippen LogP contribution in [0.15, 0.2) is 29.2 Å². The lowest BCUT2D eigenvalue weighted by molar-refractivity contribution is -0.132. The molecule has 4 nitrogen and oxygen atoms in total. The van der Waals surface area contributed by atoms with Crippen LogP contribution < -0.4 is 5.73 Å². The van der Waals surface area contributed by atoms with Gasteiger partial charge in [-0.1, -0.05) is 17.7 Å². The number of piperidine rings is 1. The number of carbonyl (C=O) groups excluding carboxylic acids is 2. The van der Waals surface area contributed by atoms with Crippen molar-refractivity contribution < 1.29 is 9.59 Å². The Morgan fingerprint density at radius 1 is 1.35 bits per heavy atom. The molecule has 1 atom stereocenters.